The first-order valence-electron chi connectivity index (χ1n) is 5.57. The van der Waals surface area contributed by atoms with Crippen molar-refractivity contribution in [2.24, 2.45) is 0 Å². The van der Waals surface area contributed by atoms with Crippen molar-refractivity contribution in [3.05, 3.63) is 40.8 Å². The fraction of sp³-hybridized carbons (Fsp3) is 0.308. The van der Waals surface area contributed by atoms with E-state index >= 15 is 0 Å². The molecule has 0 aliphatic heterocycles. The van der Waals surface area contributed by atoms with Gasteiger partial charge in [-0.1, -0.05) is 12.1 Å². The molecule has 0 radical (unpaired) electrons. The Hall–Kier alpha value is -1.26. The van der Waals surface area contributed by atoms with Gasteiger partial charge < -0.3 is 5.32 Å². The maximum atomic E-state index is 12.9. The van der Waals surface area contributed by atoms with E-state index in [1.54, 1.807) is 11.3 Å². The number of aryl methyl sites for hydroxylation is 1. The van der Waals surface area contributed by atoms with Gasteiger partial charge in [-0.2, -0.15) is 0 Å². The van der Waals surface area contributed by atoms with Crippen LogP contribution < -0.4 is 5.32 Å². The summed E-state index contributed by atoms with van der Waals surface area (Å²) >= 11 is 1.66. The Bertz CT molecular complexity index is 491. The van der Waals surface area contributed by atoms with E-state index in [1.165, 1.54) is 12.1 Å². The fourth-order valence-electron chi connectivity index (χ4n) is 1.71. The van der Waals surface area contributed by atoms with Gasteiger partial charge in [0.2, 0.25) is 0 Å². The van der Waals surface area contributed by atoms with Crippen LogP contribution in [0.4, 0.5) is 4.39 Å². The number of hydrogen-bond donors (Lipinski definition) is 1. The van der Waals surface area contributed by atoms with Crippen LogP contribution in [0.2, 0.25) is 0 Å². The number of rotatable bonds is 4. The maximum absolute atomic E-state index is 12.9. The number of aromatic nitrogens is 1. The lowest BCUT2D eigenvalue weighted by Gasteiger charge is -2.02. The molecule has 0 aliphatic rings. The van der Waals surface area contributed by atoms with E-state index in [2.05, 4.69) is 10.3 Å². The number of benzene rings is 1. The molecule has 0 saturated heterocycles. The average molecular weight is 250 g/mol. The third-order valence-corrected chi connectivity index (χ3v) is 3.58. The summed E-state index contributed by atoms with van der Waals surface area (Å²) in [6.45, 7) is 2.90. The molecule has 0 aliphatic carbocycles. The quantitative estimate of drug-likeness (QED) is 0.902. The molecule has 0 fully saturated rings. The van der Waals surface area contributed by atoms with E-state index in [-0.39, 0.29) is 5.82 Å². The molecule has 0 bridgehead atoms. The Labute approximate surface area is 105 Å². The molecule has 0 spiro atoms. The minimum Gasteiger partial charge on any atom is -0.319 e. The van der Waals surface area contributed by atoms with Crippen LogP contribution in [0.1, 0.15) is 10.7 Å². The molecule has 17 heavy (non-hydrogen) atoms. The fourth-order valence-corrected chi connectivity index (χ4v) is 2.68. The van der Waals surface area contributed by atoms with Crippen LogP contribution >= 0.6 is 11.3 Å². The van der Waals surface area contributed by atoms with E-state index in [1.807, 2.05) is 26.1 Å². The Balaban J connectivity index is 2.33. The van der Waals surface area contributed by atoms with Gasteiger partial charge in [-0.05, 0) is 31.7 Å². The summed E-state index contributed by atoms with van der Waals surface area (Å²) in [5.41, 5.74) is 2.14. The monoisotopic (exact) mass is 250 g/mol. The predicted octanol–water partition coefficient (Wildman–Crippen LogP) is 3.02. The number of nitrogens with one attached hydrogen (secondary N) is 1. The summed E-state index contributed by atoms with van der Waals surface area (Å²) in [6.07, 6.45) is 0.896. The summed E-state index contributed by atoms with van der Waals surface area (Å²) < 4.78 is 12.9. The molecule has 0 saturated carbocycles. The highest BCUT2D eigenvalue weighted by Gasteiger charge is 2.10. The second-order valence-corrected chi connectivity index (χ2v) is 5.07. The largest absolute Gasteiger partial charge is 0.319 e. The molecule has 1 heterocycles. The van der Waals surface area contributed by atoms with Crippen molar-refractivity contribution in [1.82, 2.24) is 10.3 Å². The van der Waals surface area contributed by atoms with Crippen molar-refractivity contribution in [2.45, 2.75) is 13.3 Å². The van der Waals surface area contributed by atoms with E-state index < -0.39 is 0 Å². The van der Waals surface area contributed by atoms with Gasteiger partial charge >= 0.3 is 0 Å². The van der Waals surface area contributed by atoms with E-state index in [4.69, 9.17) is 0 Å². The highest BCUT2D eigenvalue weighted by atomic mass is 32.1. The van der Waals surface area contributed by atoms with Crippen LogP contribution in [-0.4, -0.2) is 18.6 Å². The lowest BCUT2D eigenvalue weighted by molar-refractivity contribution is 0.628. The number of nitrogens with zero attached hydrogens (tertiary/aromatic N) is 1. The Kier molecular flexibility index (Phi) is 3.86. The number of thiazole rings is 1. The van der Waals surface area contributed by atoms with Gasteiger partial charge in [0.15, 0.2) is 0 Å². The van der Waals surface area contributed by atoms with Crippen molar-refractivity contribution in [3.8, 4) is 10.4 Å². The van der Waals surface area contributed by atoms with Gasteiger partial charge in [0, 0.05) is 13.0 Å². The second kappa shape index (κ2) is 5.38. The van der Waals surface area contributed by atoms with E-state index in [0.29, 0.717) is 0 Å². The number of halogens is 1. The standard InChI is InChI=1S/C13H15FN2S/c1-9-16-12(7-8-15-2)13(17-9)10-3-5-11(14)6-4-10/h3-6,15H,7-8H2,1-2H3. The molecule has 0 unspecified atom stereocenters. The first-order chi connectivity index (χ1) is 8.20. The average Bonchev–Trinajstić information content (AvgIpc) is 2.69. The topological polar surface area (TPSA) is 24.9 Å². The van der Waals surface area contributed by atoms with Crippen molar-refractivity contribution in [3.63, 3.8) is 0 Å². The molecule has 2 aromatic rings. The third kappa shape index (κ3) is 2.90. The highest BCUT2D eigenvalue weighted by Crippen LogP contribution is 2.30. The highest BCUT2D eigenvalue weighted by molar-refractivity contribution is 7.15. The normalized spacial score (nSPS) is 10.8. The minimum absolute atomic E-state index is 0.202. The van der Waals surface area contributed by atoms with E-state index in [0.717, 1.165) is 34.1 Å². The smallest absolute Gasteiger partial charge is 0.123 e. The van der Waals surface area contributed by atoms with Crippen molar-refractivity contribution in [1.29, 1.82) is 0 Å². The van der Waals surface area contributed by atoms with Crippen LogP contribution in [0.15, 0.2) is 24.3 Å². The zero-order valence-electron chi connectivity index (χ0n) is 9.96. The first kappa shape index (κ1) is 12.2. The van der Waals surface area contributed by atoms with Crippen molar-refractivity contribution >= 4 is 11.3 Å². The molecular weight excluding hydrogens is 235 g/mol. The van der Waals surface area contributed by atoms with Crippen molar-refractivity contribution in [2.75, 3.05) is 13.6 Å². The molecule has 0 atom stereocenters. The SMILES string of the molecule is CNCCc1nc(C)sc1-c1ccc(F)cc1. The van der Waals surface area contributed by atoms with Crippen LogP contribution in [0.25, 0.3) is 10.4 Å². The summed E-state index contributed by atoms with van der Waals surface area (Å²) in [4.78, 5) is 5.68. The summed E-state index contributed by atoms with van der Waals surface area (Å²) in [5.74, 6) is -0.202. The van der Waals surface area contributed by atoms with Gasteiger partial charge in [0.1, 0.15) is 5.82 Å². The van der Waals surface area contributed by atoms with Crippen LogP contribution in [0, 0.1) is 12.7 Å². The lowest BCUT2D eigenvalue weighted by Crippen LogP contribution is -2.10. The summed E-state index contributed by atoms with van der Waals surface area (Å²) in [7, 11) is 1.93. The molecule has 2 rings (SSSR count). The Morgan fingerprint density at radius 3 is 2.65 bits per heavy atom. The first-order valence-corrected chi connectivity index (χ1v) is 6.39. The number of hydrogen-bond acceptors (Lipinski definition) is 3. The minimum atomic E-state index is -0.202. The van der Waals surface area contributed by atoms with Gasteiger partial charge in [0.25, 0.3) is 0 Å². The zero-order valence-corrected chi connectivity index (χ0v) is 10.8. The zero-order chi connectivity index (χ0) is 12.3. The summed E-state index contributed by atoms with van der Waals surface area (Å²) in [5, 5.41) is 4.17. The molecule has 1 aromatic carbocycles. The van der Waals surface area contributed by atoms with Gasteiger partial charge in [-0.15, -0.1) is 11.3 Å². The third-order valence-electron chi connectivity index (χ3n) is 2.52. The Morgan fingerprint density at radius 1 is 1.29 bits per heavy atom. The number of likely N-dealkylation sites (N-methyl/N-ethyl adjacent to an activating group) is 1. The van der Waals surface area contributed by atoms with Crippen LogP contribution in [0.3, 0.4) is 0 Å². The second-order valence-electron chi connectivity index (χ2n) is 3.87. The molecule has 1 aromatic heterocycles. The van der Waals surface area contributed by atoms with Gasteiger partial charge in [-0.3, -0.25) is 0 Å². The lowest BCUT2D eigenvalue weighted by atomic mass is 10.1. The van der Waals surface area contributed by atoms with E-state index in [9.17, 15) is 4.39 Å². The summed E-state index contributed by atoms with van der Waals surface area (Å²) in [6, 6.07) is 6.61. The Morgan fingerprint density at radius 2 is 2.00 bits per heavy atom. The molecule has 0 amide bonds. The predicted molar refractivity (Wildman–Crippen MR) is 69.9 cm³/mol. The molecule has 4 heteroatoms. The maximum Gasteiger partial charge on any atom is 0.123 e. The van der Waals surface area contributed by atoms with Crippen LogP contribution in [0.5, 0.6) is 0 Å². The molecule has 90 valence electrons. The molecule has 1 N–H and O–H groups in total. The van der Waals surface area contributed by atoms with Gasteiger partial charge in [0.05, 0.1) is 15.6 Å². The van der Waals surface area contributed by atoms with Crippen molar-refractivity contribution < 1.29 is 4.39 Å². The van der Waals surface area contributed by atoms with Crippen LogP contribution in [-0.2, 0) is 6.42 Å². The molecule has 2 nitrogen and oxygen atoms in total. The molecular formula is C13H15FN2S. The van der Waals surface area contributed by atoms with Gasteiger partial charge in [-0.25, -0.2) is 9.37 Å².